The van der Waals surface area contributed by atoms with Gasteiger partial charge in [-0.3, -0.25) is 9.89 Å². The second-order valence-electron chi connectivity index (χ2n) is 6.17. The van der Waals surface area contributed by atoms with Crippen LogP contribution >= 0.6 is 23.2 Å². The number of nitrogens with zero attached hydrogens (tertiary/aromatic N) is 1. The van der Waals surface area contributed by atoms with Crippen LogP contribution in [0, 0.1) is 0 Å². The molecule has 140 valence electrons. The van der Waals surface area contributed by atoms with Gasteiger partial charge in [0.15, 0.2) is 5.82 Å². The zero-order valence-corrected chi connectivity index (χ0v) is 16.1. The van der Waals surface area contributed by atoms with E-state index in [0.717, 1.165) is 16.5 Å². The first-order valence-corrected chi connectivity index (χ1v) is 9.26. The van der Waals surface area contributed by atoms with Gasteiger partial charge in [0.05, 0.1) is 5.52 Å². The molecule has 28 heavy (non-hydrogen) atoms. The third-order valence-corrected chi connectivity index (χ3v) is 4.58. The molecule has 0 bridgehead atoms. The summed E-state index contributed by atoms with van der Waals surface area (Å²) in [5.41, 5.74) is 2.21. The topological polar surface area (TPSA) is 67.0 Å². The maximum atomic E-state index is 12.5. The second-order valence-corrected chi connectivity index (χ2v) is 7.04. The van der Waals surface area contributed by atoms with Crippen LogP contribution < -0.4 is 10.1 Å². The molecule has 0 aliphatic carbocycles. The number of halogens is 2. The van der Waals surface area contributed by atoms with Crippen LogP contribution in [-0.4, -0.2) is 16.1 Å². The van der Waals surface area contributed by atoms with E-state index in [1.54, 1.807) is 18.2 Å². The van der Waals surface area contributed by atoms with Crippen molar-refractivity contribution in [3.8, 4) is 5.75 Å². The van der Waals surface area contributed by atoms with Crippen LogP contribution in [0.5, 0.6) is 5.75 Å². The Morgan fingerprint density at radius 1 is 1.00 bits per heavy atom. The summed E-state index contributed by atoms with van der Waals surface area (Å²) < 4.78 is 5.86. The molecule has 0 saturated carbocycles. The Kier molecular flexibility index (Phi) is 5.19. The molecule has 3 aromatic carbocycles. The SMILES string of the molecule is O=C(Nc1n[nH]c2ccc(OCc3ccccc3)cc12)c1cc(Cl)cc(Cl)c1. The van der Waals surface area contributed by atoms with Crippen LogP contribution in [0.1, 0.15) is 15.9 Å². The summed E-state index contributed by atoms with van der Waals surface area (Å²) in [5, 5.41) is 11.4. The molecule has 7 heteroatoms. The molecule has 5 nitrogen and oxygen atoms in total. The molecule has 2 N–H and O–H groups in total. The fourth-order valence-electron chi connectivity index (χ4n) is 2.78. The fraction of sp³-hybridized carbons (Fsp3) is 0.0476. The highest BCUT2D eigenvalue weighted by Gasteiger charge is 2.13. The van der Waals surface area contributed by atoms with Crippen molar-refractivity contribution in [3.05, 3.63) is 87.9 Å². The molecule has 1 amide bonds. The van der Waals surface area contributed by atoms with Crippen LogP contribution in [0.15, 0.2) is 66.7 Å². The number of hydrogen-bond donors (Lipinski definition) is 2. The number of aromatic nitrogens is 2. The number of ether oxygens (including phenoxy) is 1. The quantitative estimate of drug-likeness (QED) is 0.442. The van der Waals surface area contributed by atoms with E-state index in [-0.39, 0.29) is 5.91 Å². The number of rotatable bonds is 5. The molecule has 4 rings (SSSR count). The van der Waals surface area contributed by atoms with Gasteiger partial charge >= 0.3 is 0 Å². The van der Waals surface area contributed by atoms with Crippen molar-refractivity contribution in [2.24, 2.45) is 0 Å². The predicted octanol–water partition coefficient (Wildman–Crippen LogP) is 5.70. The normalized spacial score (nSPS) is 10.8. The lowest BCUT2D eigenvalue weighted by molar-refractivity contribution is 0.102. The summed E-state index contributed by atoms with van der Waals surface area (Å²) in [6.07, 6.45) is 0. The molecule has 4 aromatic rings. The zero-order chi connectivity index (χ0) is 19.5. The maximum absolute atomic E-state index is 12.5. The maximum Gasteiger partial charge on any atom is 0.256 e. The van der Waals surface area contributed by atoms with Gasteiger partial charge in [0.2, 0.25) is 0 Å². The summed E-state index contributed by atoms with van der Waals surface area (Å²) in [5.74, 6) is 0.730. The molecule has 0 unspecified atom stereocenters. The average Bonchev–Trinajstić information content (AvgIpc) is 3.08. The number of anilines is 1. The van der Waals surface area contributed by atoms with E-state index in [9.17, 15) is 4.79 Å². The Hall–Kier alpha value is -3.02. The van der Waals surface area contributed by atoms with Gasteiger partial charge in [-0.2, -0.15) is 5.10 Å². The van der Waals surface area contributed by atoms with E-state index in [1.165, 1.54) is 0 Å². The highest BCUT2D eigenvalue weighted by molar-refractivity contribution is 6.35. The van der Waals surface area contributed by atoms with Gasteiger partial charge in [0.1, 0.15) is 12.4 Å². The summed E-state index contributed by atoms with van der Waals surface area (Å²) >= 11 is 11.9. The Labute approximate surface area is 171 Å². The van der Waals surface area contributed by atoms with Crippen molar-refractivity contribution in [1.29, 1.82) is 0 Å². The highest BCUT2D eigenvalue weighted by Crippen LogP contribution is 2.27. The van der Waals surface area contributed by atoms with Gasteiger partial charge in [0.25, 0.3) is 5.91 Å². The molecule has 0 saturated heterocycles. The number of nitrogens with one attached hydrogen (secondary N) is 2. The first-order chi connectivity index (χ1) is 13.6. The second kappa shape index (κ2) is 7.92. The number of benzene rings is 3. The molecule has 0 spiro atoms. The minimum Gasteiger partial charge on any atom is -0.489 e. The van der Waals surface area contributed by atoms with Crippen molar-refractivity contribution in [2.45, 2.75) is 6.61 Å². The number of carbonyl (C=O) groups is 1. The first-order valence-electron chi connectivity index (χ1n) is 8.51. The highest BCUT2D eigenvalue weighted by atomic mass is 35.5. The zero-order valence-electron chi connectivity index (χ0n) is 14.6. The molecule has 0 aliphatic heterocycles. The summed E-state index contributed by atoms with van der Waals surface area (Å²) in [6, 6.07) is 20.1. The molecule has 0 atom stereocenters. The lowest BCUT2D eigenvalue weighted by atomic mass is 10.2. The smallest absolute Gasteiger partial charge is 0.256 e. The summed E-state index contributed by atoms with van der Waals surface area (Å²) in [7, 11) is 0. The Morgan fingerprint density at radius 3 is 2.50 bits per heavy atom. The van der Waals surface area contributed by atoms with Gasteiger partial charge in [-0.15, -0.1) is 0 Å². The van der Waals surface area contributed by atoms with E-state index in [4.69, 9.17) is 27.9 Å². The van der Waals surface area contributed by atoms with E-state index < -0.39 is 0 Å². The minimum absolute atomic E-state index is 0.352. The van der Waals surface area contributed by atoms with Crippen LogP contribution in [-0.2, 0) is 6.61 Å². The predicted molar refractivity (Wildman–Crippen MR) is 111 cm³/mol. The Morgan fingerprint density at radius 2 is 1.75 bits per heavy atom. The fourth-order valence-corrected chi connectivity index (χ4v) is 3.31. The van der Waals surface area contributed by atoms with E-state index in [2.05, 4.69) is 15.5 Å². The third-order valence-electron chi connectivity index (χ3n) is 4.14. The molecule has 1 aromatic heterocycles. The molecule has 1 heterocycles. The van der Waals surface area contributed by atoms with Gasteiger partial charge in [-0.05, 0) is 42.0 Å². The van der Waals surface area contributed by atoms with Crippen LogP contribution in [0.4, 0.5) is 5.82 Å². The van der Waals surface area contributed by atoms with Crippen LogP contribution in [0.25, 0.3) is 10.9 Å². The van der Waals surface area contributed by atoms with E-state index in [1.807, 2.05) is 48.5 Å². The number of carbonyl (C=O) groups excluding carboxylic acids is 1. The molecule has 0 radical (unpaired) electrons. The molecule has 0 fully saturated rings. The Balaban J connectivity index is 1.55. The molecule has 0 aliphatic rings. The van der Waals surface area contributed by atoms with Crippen LogP contribution in [0.2, 0.25) is 10.0 Å². The van der Waals surface area contributed by atoms with Crippen LogP contribution in [0.3, 0.4) is 0 Å². The summed E-state index contributed by atoms with van der Waals surface area (Å²) in [4.78, 5) is 12.5. The molecular weight excluding hydrogens is 397 g/mol. The monoisotopic (exact) mass is 411 g/mol. The number of hydrogen-bond acceptors (Lipinski definition) is 3. The number of amides is 1. The third kappa shape index (κ3) is 4.11. The Bertz CT molecular complexity index is 1120. The largest absolute Gasteiger partial charge is 0.489 e. The van der Waals surface area contributed by atoms with E-state index >= 15 is 0 Å². The molecular formula is C21H15Cl2N3O2. The standard InChI is InChI=1S/C21H15Cl2N3O2/c22-15-8-14(9-16(23)10-15)21(27)24-20-18-11-17(6-7-19(18)25-26-20)28-12-13-4-2-1-3-5-13/h1-11H,12H2,(H2,24,25,26,27). The van der Waals surface area contributed by atoms with Crippen molar-refractivity contribution >= 4 is 45.8 Å². The number of aromatic amines is 1. The average molecular weight is 412 g/mol. The van der Waals surface area contributed by atoms with Gasteiger partial charge in [0, 0.05) is 21.0 Å². The van der Waals surface area contributed by atoms with Crippen molar-refractivity contribution in [3.63, 3.8) is 0 Å². The lowest BCUT2D eigenvalue weighted by Gasteiger charge is -2.07. The van der Waals surface area contributed by atoms with Crippen molar-refractivity contribution in [2.75, 3.05) is 5.32 Å². The lowest BCUT2D eigenvalue weighted by Crippen LogP contribution is -2.12. The van der Waals surface area contributed by atoms with Crippen molar-refractivity contribution < 1.29 is 9.53 Å². The first kappa shape index (κ1) is 18.3. The van der Waals surface area contributed by atoms with Gasteiger partial charge in [-0.1, -0.05) is 53.5 Å². The van der Waals surface area contributed by atoms with Gasteiger partial charge < -0.3 is 10.1 Å². The van der Waals surface area contributed by atoms with E-state index in [0.29, 0.717) is 33.8 Å². The number of H-pyrrole nitrogens is 1. The van der Waals surface area contributed by atoms with Crippen molar-refractivity contribution in [1.82, 2.24) is 10.2 Å². The minimum atomic E-state index is -0.353. The van der Waals surface area contributed by atoms with Gasteiger partial charge in [-0.25, -0.2) is 0 Å². The summed E-state index contributed by atoms with van der Waals surface area (Å²) in [6.45, 7) is 0.451. The number of fused-ring (bicyclic) bond motifs is 1.